The summed E-state index contributed by atoms with van der Waals surface area (Å²) in [4.78, 5) is 14.3. The molecular formula is C14H22N2O3. The third-order valence-corrected chi connectivity index (χ3v) is 3.60. The molecular weight excluding hydrogens is 244 g/mol. The molecule has 0 bridgehead atoms. The summed E-state index contributed by atoms with van der Waals surface area (Å²) in [5, 5.41) is 13.4. The van der Waals surface area contributed by atoms with Gasteiger partial charge < -0.3 is 14.5 Å². The van der Waals surface area contributed by atoms with E-state index in [2.05, 4.69) is 5.16 Å². The first-order chi connectivity index (χ1) is 9.08. The molecule has 1 aromatic heterocycles. The van der Waals surface area contributed by atoms with E-state index in [-0.39, 0.29) is 11.9 Å². The maximum atomic E-state index is 12.5. The minimum Gasteiger partial charge on any atom is -0.393 e. The minimum atomic E-state index is -0.391. The van der Waals surface area contributed by atoms with E-state index in [0.717, 1.165) is 32.2 Å². The Morgan fingerprint density at radius 2 is 2.37 bits per heavy atom. The molecule has 5 heteroatoms. The lowest BCUT2D eigenvalue weighted by Crippen LogP contribution is -2.41. The van der Waals surface area contributed by atoms with Crippen molar-refractivity contribution in [1.29, 1.82) is 0 Å². The number of amides is 1. The first-order valence-electron chi connectivity index (χ1n) is 7.00. The number of carbonyl (C=O) groups is 1. The van der Waals surface area contributed by atoms with Crippen molar-refractivity contribution in [1.82, 2.24) is 10.1 Å². The van der Waals surface area contributed by atoms with Crippen molar-refractivity contribution >= 4 is 5.91 Å². The van der Waals surface area contributed by atoms with Crippen LogP contribution in [0.3, 0.4) is 0 Å². The van der Waals surface area contributed by atoms with E-state index in [1.54, 1.807) is 19.9 Å². The third-order valence-electron chi connectivity index (χ3n) is 3.60. The predicted molar refractivity (Wildman–Crippen MR) is 70.8 cm³/mol. The van der Waals surface area contributed by atoms with Gasteiger partial charge in [-0.05, 0) is 33.1 Å². The Balaban J connectivity index is 2.14. The molecule has 0 spiro atoms. The number of aliphatic hydroxyl groups excluding tert-OH is 1. The Labute approximate surface area is 113 Å². The highest BCUT2D eigenvalue weighted by atomic mass is 16.5. The zero-order valence-electron chi connectivity index (χ0n) is 11.6. The molecule has 2 heterocycles. The Hall–Kier alpha value is -1.36. The molecule has 0 radical (unpaired) electrons. The fourth-order valence-electron chi connectivity index (χ4n) is 2.70. The number of nitrogens with zero attached hydrogens (tertiary/aromatic N) is 2. The molecule has 1 aliphatic rings. The number of carbonyl (C=O) groups excluding carboxylic acids is 1. The van der Waals surface area contributed by atoms with Gasteiger partial charge in [-0.2, -0.15) is 0 Å². The Bertz CT molecular complexity index is 428. The quantitative estimate of drug-likeness (QED) is 0.910. The second-order valence-electron chi connectivity index (χ2n) is 5.41. The van der Waals surface area contributed by atoms with Gasteiger partial charge in [0.1, 0.15) is 5.76 Å². The highest BCUT2D eigenvalue weighted by Gasteiger charge is 2.28. The lowest BCUT2D eigenvalue weighted by molar-refractivity contribution is 0.0597. The van der Waals surface area contributed by atoms with E-state index >= 15 is 0 Å². The van der Waals surface area contributed by atoms with Gasteiger partial charge >= 0.3 is 0 Å². The zero-order valence-corrected chi connectivity index (χ0v) is 11.6. The fraction of sp³-hybridized carbons (Fsp3) is 0.714. The molecule has 2 rings (SSSR count). The summed E-state index contributed by atoms with van der Waals surface area (Å²) in [5.41, 5.74) is 0.370. The van der Waals surface area contributed by atoms with Crippen LogP contribution in [0, 0.1) is 6.92 Å². The summed E-state index contributed by atoms with van der Waals surface area (Å²) in [5.74, 6) is 0.564. The SMILES string of the molecule is Cc1cc(C(=O)N2CCCCCC2CC(C)O)no1. The average Bonchev–Trinajstić information content (AvgIpc) is 2.65. The van der Waals surface area contributed by atoms with Gasteiger partial charge in [-0.25, -0.2) is 0 Å². The summed E-state index contributed by atoms with van der Waals surface area (Å²) in [7, 11) is 0. The van der Waals surface area contributed by atoms with E-state index in [9.17, 15) is 9.90 Å². The van der Waals surface area contributed by atoms with Crippen LogP contribution in [0.25, 0.3) is 0 Å². The summed E-state index contributed by atoms with van der Waals surface area (Å²) in [6.45, 7) is 4.29. The van der Waals surface area contributed by atoms with E-state index in [1.807, 2.05) is 4.90 Å². The minimum absolute atomic E-state index is 0.0793. The van der Waals surface area contributed by atoms with Gasteiger partial charge in [-0.1, -0.05) is 18.0 Å². The smallest absolute Gasteiger partial charge is 0.276 e. The maximum absolute atomic E-state index is 12.5. The van der Waals surface area contributed by atoms with Crippen LogP contribution in [0.5, 0.6) is 0 Å². The van der Waals surface area contributed by atoms with Crippen LogP contribution in [0.4, 0.5) is 0 Å². The van der Waals surface area contributed by atoms with Crippen molar-refractivity contribution < 1.29 is 14.4 Å². The molecule has 106 valence electrons. The lowest BCUT2D eigenvalue weighted by atomic mass is 10.0. The third kappa shape index (κ3) is 3.56. The van der Waals surface area contributed by atoms with E-state index < -0.39 is 6.10 Å². The van der Waals surface area contributed by atoms with E-state index in [4.69, 9.17) is 4.52 Å². The highest BCUT2D eigenvalue weighted by molar-refractivity contribution is 5.92. The second kappa shape index (κ2) is 6.19. The lowest BCUT2D eigenvalue weighted by Gasteiger charge is -2.30. The van der Waals surface area contributed by atoms with Crippen molar-refractivity contribution in [2.45, 2.75) is 58.1 Å². The number of hydrogen-bond donors (Lipinski definition) is 1. The Morgan fingerprint density at radius 1 is 1.58 bits per heavy atom. The van der Waals surface area contributed by atoms with Gasteiger partial charge in [0.25, 0.3) is 5.91 Å². The topological polar surface area (TPSA) is 66.6 Å². The van der Waals surface area contributed by atoms with Gasteiger partial charge in [-0.3, -0.25) is 4.79 Å². The first-order valence-corrected chi connectivity index (χ1v) is 7.00. The van der Waals surface area contributed by atoms with Crippen LogP contribution < -0.4 is 0 Å². The number of aliphatic hydroxyl groups is 1. The summed E-state index contributed by atoms with van der Waals surface area (Å²) >= 11 is 0. The maximum Gasteiger partial charge on any atom is 0.276 e. The molecule has 5 nitrogen and oxygen atoms in total. The van der Waals surface area contributed by atoms with Crippen molar-refractivity contribution in [3.05, 3.63) is 17.5 Å². The molecule has 0 saturated carbocycles. The van der Waals surface area contributed by atoms with Crippen LogP contribution in [0.15, 0.2) is 10.6 Å². The molecule has 1 N–H and O–H groups in total. The first kappa shape index (κ1) is 14.1. The van der Waals surface area contributed by atoms with Crippen LogP contribution in [0.2, 0.25) is 0 Å². The summed E-state index contributed by atoms with van der Waals surface area (Å²) in [6, 6.07) is 1.78. The molecule has 0 aromatic carbocycles. The molecule has 1 aliphatic heterocycles. The number of aryl methyl sites for hydroxylation is 1. The van der Waals surface area contributed by atoms with Crippen LogP contribution in [-0.4, -0.2) is 39.8 Å². The molecule has 1 saturated heterocycles. The van der Waals surface area contributed by atoms with Crippen molar-refractivity contribution in [3.8, 4) is 0 Å². The van der Waals surface area contributed by atoms with Gasteiger partial charge in [0, 0.05) is 18.7 Å². The predicted octanol–water partition coefficient (Wildman–Crippen LogP) is 2.14. The molecule has 1 aromatic rings. The normalized spacial score (nSPS) is 22.1. The van der Waals surface area contributed by atoms with Crippen molar-refractivity contribution in [3.63, 3.8) is 0 Å². The molecule has 1 amide bonds. The molecule has 1 fully saturated rings. The number of hydrogen-bond acceptors (Lipinski definition) is 4. The van der Waals surface area contributed by atoms with Gasteiger partial charge in [0.15, 0.2) is 5.69 Å². The number of aromatic nitrogens is 1. The fourth-order valence-corrected chi connectivity index (χ4v) is 2.70. The largest absolute Gasteiger partial charge is 0.393 e. The number of rotatable bonds is 3. The van der Waals surface area contributed by atoms with Crippen LogP contribution >= 0.6 is 0 Å². The standard InChI is InChI=1S/C14H22N2O3/c1-10(17)8-12-6-4-3-5-7-16(12)14(18)13-9-11(2)19-15-13/h9-10,12,17H,3-8H2,1-2H3. The second-order valence-corrected chi connectivity index (χ2v) is 5.41. The van der Waals surface area contributed by atoms with Gasteiger partial charge in [0.2, 0.25) is 0 Å². The van der Waals surface area contributed by atoms with Gasteiger partial charge in [-0.15, -0.1) is 0 Å². The van der Waals surface area contributed by atoms with Crippen LogP contribution in [0.1, 0.15) is 55.3 Å². The molecule has 2 unspecified atom stereocenters. The summed E-state index contributed by atoms with van der Waals surface area (Å²) in [6.07, 6.45) is 4.45. The van der Waals surface area contributed by atoms with E-state index in [0.29, 0.717) is 17.9 Å². The van der Waals surface area contributed by atoms with Crippen molar-refractivity contribution in [2.75, 3.05) is 6.54 Å². The average molecular weight is 266 g/mol. The molecule has 0 aliphatic carbocycles. The monoisotopic (exact) mass is 266 g/mol. The molecule has 19 heavy (non-hydrogen) atoms. The van der Waals surface area contributed by atoms with E-state index in [1.165, 1.54) is 0 Å². The number of likely N-dealkylation sites (tertiary alicyclic amines) is 1. The highest BCUT2D eigenvalue weighted by Crippen LogP contribution is 2.22. The molecule has 2 atom stereocenters. The zero-order chi connectivity index (χ0) is 13.8. The van der Waals surface area contributed by atoms with Crippen LogP contribution in [-0.2, 0) is 0 Å². The summed E-state index contributed by atoms with van der Waals surface area (Å²) < 4.78 is 4.98. The van der Waals surface area contributed by atoms with Gasteiger partial charge in [0.05, 0.1) is 6.10 Å². The Kier molecular flexibility index (Phi) is 4.58. The van der Waals surface area contributed by atoms with Crippen molar-refractivity contribution in [2.24, 2.45) is 0 Å². The Morgan fingerprint density at radius 3 is 3.00 bits per heavy atom.